The first-order chi connectivity index (χ1) is 12.6. The van der Waals surface area contributed by atoms with Crippen molar-refractivity contribution in [3.8, 4) is 11.5 Å². The summed E-state index contributed by atoms with van der Waals surface area (Å²) in [5.74, 6) is 1.35. The second-order valence-corrected chi connectivity index (χ2v) is 5.75. The number of hydrogen-bond donors (Lipinski definition) is 1. The van der Waals surface area contributed by atoms with Gasteiger partial charge >= 0.3 is 0 Å². The standard InChI is InChI=1S/C18H14N4O4/c1-11-6-16(14-7-17-18(26-10-25-17)8-15(14)20-11)21-19-9-12-2-4-13(5-3-12)22(23)24/h2-9H,10H2,1H3,(H,20,21)/b19-9-. The number of nitro benzene ring substituents is 1. The molecule has 0 aliphatic carbocycles. The van der Waals surface area contributed by atoms with Gasteiger partial charge in [0.1, 0.15) is 0 Å². The SMILES string of the molecule is Cc1cc(N/N=C\c2ccc([N+](=O)[O-])cc2)c2cc3c(cc2n1)OCO3. The molecule has 0 unspecified atom stereocenters. The zero-order chi connectivity index (χ0) is 18.1. The molecule has 1 aliphatic heterocycles. The highest BCUT2D eigenvalue weighted by Gasteiger charge is 2.16. The second-order valence-electron chi connectivity index (χ2n) is 5.75. The number of aryl methyl sites for hydroxylation is 1. The quantitative estimate of drug-likeness (QED) is 0.438. The number of fused-ring (bicyclic) bond motifs is 2. The van der Waals surface area contributed by atoms with E-state index < -0.39 is 4.92 Å². The van der Waals surface area contributed by atoms with Gasteiger partial charge in [-0.15, -0.1) is 0 Å². The Morgan fingerprint density at radius 2 is 1.92 bits per heavy atom. The third kappa shape index (κ3) is 3.00. The molecule has 0 saturated carbocycles. The van der Waals surface area contributed by atoms with Crippen LogP contribution in [0.25, 0.3) is 10.9 Å². The van der Waals surface area contributed by atoms with Gasteiger partial charge in [0.15, 0.2) is 11.5 Å². The average Bonchev–Trinajstić information content (AvgIpc) is 3.07. The number of rotatable bonds is 4. The van der Waals surface area contributed by atoms with Crippen LogP contribution >= 0.6 is 0 Å². The number of anilines is 1. The van der Waals surface area contributed by atoms with Gasteiger partial charge in [0.2, 0.25) is 6.79 Å². The smallest absolute Gasteiger partial charge is 0.269 e. The molecule has 0 bridgehead atoms. The van der Waals surface area contributed by atoms with Crippen LogP contribution in [0.5, 0.6) is 11.5 Å². The molecule has 0 spiro atoms. The fourth-order valence-electron chi connectivity index (χ4n) is 2.70. The fraction of sp³-hybridized carbons (Fsp3) is 0.111. The van der Waals surface area contributed by atoms with Gasteiger partial charge in [-0.05, 0) is 36.8 Å². The Hall–Kier alpha value is -3.68. The number of pyridine rings is 1. The summed E-state index contributed by atoms with van der Waals surface area (Å²) < 4.78 is 10.8. The third-order valence-electron chi connectivity index (χ3n) is 3.93. The highest BCUT2D eigenvalue weighted by molar-refractivity contribution is 5.94. The summed E-state index contributed by atoms with van der Waals surface area (Å²) in [5.41, 5.74) is 6.19. The van der Waals surface area contributed by atoms with Crippen molar-refractivity contribution in [1.29, 1.82) is 0 Å². The molecule has 3 aromatic rings. The van der Waals surface area contributed by atoms with Gasteiger partial charge in [-0.25, -0.2) is 0 Å². The topological polar surface area (TPSA) is 98.9 Å². The fourth-order valence-corrected chi connectivity index (χ4v) is 2.70. The van der Waals surface area contributed by atoms with Gasteiger partial charge in [-0.3, -0.25) is 20.5 Å². The van der Waals surface area contributed by atoms with Crippen molar-refractivity contribution in [1.82, 2.24) is 4.98 Å². The van der Waals surface area contributed by atoms with Crippen molar-refractivity contribution >= 4 is 28.5 Å². The molecule has 1 aromatic heterocycles. The molecule has 0 atom stereocenters. The summed E-state index contributed by atoms with van der Waals surface area (Å²) in [5, 5.41) is 15.8. The molecule has 0 amide bonds. The summed E-state index contributed by atoms with van der Waals surface area (Å²) in [6, 6.07) is 11.7. The summed E-state index contributed by atoms with van der Waals surface area (Å²) in [7, 11) is 0. The van der Waals surface area contributed by atoms with E-state index in [1.54, 1.807) is 18.3 Å². The molecule has 2 aromatic carbocycles. The number of aromatic nitrogens is 1. The lowest BCUT2D eigenvalue weighted by molar-refractivity contribution is -0.384. The Morgan fingerprint density at radius 3 is 2.65 bits per heavy atom. The molecule has 130 valence electrons. The number of nitrogens with one attached hydrogen (secondary N) is 1. The highest BCUT2D eigenvalue weighted by Crippen LogP contribution is 2.38. The number of benzene rings is 2. The minimum absolute atomic E-state index is 0.0435. The van der Waals surface area contributed by atoms with Crippen LogP contribution in [0.4, 0.5) is 11.4 Å². The van der Waals surface area contributed by atoms with E-state index in [1.165, 1.54) is 12.1 Å². The maximum Gasteiger partial charge on any atom is 0.269 e. The van der Waals surface area contributed by atoms with Crippen molar-refractivity contribution in [3.05, 3.63) is 63.8 Å². The van der Waals surface area contributed by atoms with E-state index in [9.17, 15) is 10.1 Å². The zero-order valence-electron chi connectivity index (χ0n) is 13.8. The first kappa shape index (κ1) is 15.8. The Kier molecular flexibility index (Phi) is 3.85. The second kappa shape index (κ2) is 6.32. The lowest BCUT2D eigenvalue weighted by Crippen LogP contribution is -1.95. The van der Waals surface area contributed by atoms with Crippen LogP contribution in [-0.2, 0) is 0 Å². The molecule has 1 N–H and O–H groups in total. The Balaban J connectivity index is 1.61. The van der Waals surface area contributed by atoms with Crippen LogP contribution in [0.3, 0.4) is 0 Å². The molecule has 4 rings (SSSR count). The van der Waals surface area contributed by atoms with Gasteiger partial charge < -0.3 is 9.47 Å². The zero-order valence-corrected chi connectivity index (χ0v) is 13.8. The minimum Gasteiger partial charge on any atom is -0.454 e. The molecular formula is C18H14N4O4. The molecule has 2 heterocycles. The van der Waals surface area contributed by atoms with Gasteiger partial charge in [0.05, 0.1) is 22.3 Å². The Bertz CT molecular complexity index is 1030. The van der Waals surface area contributed by atoms with Crippen LogP contribution in [0.2, 0.25) is 0 Å². The predicted molar refractivity (Wildman–Crippen MR) is 96.9 cm³/mol. The summed E-state index contributed by atoms with van der Waals surface area (Å²) in [6.45, 7) is 2.10. The van der Waals surface area contributed by atoms with E-state index in [4.69, 9.17) is 9.47 Å². The number of non-ortho nitro benzene ring substituents is 1. The summed E-state index contributed by atoms with van der Waals surface area (Å²) in [6.07, 6.45) is 1.60. The number of hydrogen-bond acceptors (Lipinski definition) is 7. The lowest BCUT2D eigenvalue weighted by atomic mass is 10.1. The van der Waals surface area contributed by atoms with Crippen LogP contribution in [0, 0.1) is 17.0 Å². The van der Waals surface area contributed by atoms with E-state index in [0.717, 1.165) is 27.8 Å². The Labute approximate surface area is 148 Å². The van der Waals surface area contributed by atoms with Crippen LogP contribution in [0.1, 0.15) is 11.3 Å². The van der Waals surface area contributed by atoms with E-state index >= 15 is 0 Å². The maximum atomic E-state index is 10.7. The van der Waals surface area contributed by atoms with Crippen LogP contribution < -0.4 is 14.9 Å². The van der Waals surface area contributed by atoms with Crippen molar-refractivity contribution in [2.24, 2.45) is 5.10 Å². The maximum absolute atomic E-state index is 10.7. The average molecular weight is 350 g/mol. The van der Waals surface area contributed by atoms with Gasteiger partial charge in [0.25, 0.3) is 5.69 Å². The van der Waals surface area contributed by atoms with E-state index in [-0.39, 0.29) is 12.5 Å². The molecule has 0 radical (unpaired) electrons. The molecule has 0 saturated heterocycles. The van der Waals surface area contributed by atoms with Crippen molar-refractivity contribution in [2.45, 2.75) is 6.92 Å². The van der Waals surface area contributed by atoms with E-state index in [0.29, 0.717) is 11.5 Å². The molecule has 26 heavy (non-hydrogen) atoms. The lowest BCUT2D eigenvalue weighted by Gasteiger charge is -2.08. The number of nitrogens with zero attached hydrogens (tertiary/aromatic N) is 3. The van der Waals surface area contributed by atoms with Crippen molar-refractivity contribution < 1.29 is 14.4 Å². The largest absolute Gasteiger partial charge is 0.454 e. The summed E-state index contributed by atoms with van der Waals surface area (Å²) >= 11 is 0. The van der Waals surface area contributed by atoms with Crippen LogP contribution in [0.15, 0.2) is 47.6 Å². The Morgan fingerprint density at radius 1 is 1.19 bits per heavy atom. The number of hydrazone groups is 1. The first-order valence-electron chi connectivity index (χ1n) is 7.85. The van der Waals surface area contributed by atoms with Crippen molar-refractivity contribution in [2.75, 3.05) is 12.2 Å². The molecule has 8 heteroatoms. The normalized spacial score (nSPS) is 12.7. The molecule has 1 aliphatic rings. The monoisotopic (exact) mass is 350 g/mol. The predicted octanol–water partition coefficient (Wildman–Crippen LogP) is 3.63. The molecule has 8 nitrogen and oxygen atoms in total. The number of ether oxygens (including phenoxy) is 2. The van der Waals surface area contributed by atoms with E-state index in [1.807, 2.05) is 25.1 Å². The van der Waals surface area contributed by atoms with Crippen molar-refractivity contribution in [3.63, 3.8) is 0 Å². The van der Waals surface area contributed by atoms with Gasteiger partial charge in [0, 0.05) is 29.3 Å². The van der Waals surface area contributed by atoms with Gasteiger partial charge in [-0.1, -0.05) is 0 Å². The minimum atomic E-state index is -0.435. The first-order valence-corrected chi connectivity index (χ1v) is 7.85. The van der Waals surface area contributed by atoms with E-state index in [2.05, 4.69) is 15.5 Å². The molecule has 0 fully saturated rings. The van der Waals surface area contributed by atoms with Crippen LogP contribution in [-0.4, -0.2) is 22.9 Å². The summed E-state index contributed by atoms with van der Waals surface area (Å²) in [4.78, 5) is 14.8. The third-order valence-corrected chi connectivity index (χ3v) is 3.93. The van der Waals surface area contributed by atoms with Gasteiger partial charge in [-0.2, -0.15) is 5.10 Å². The molecular weight excluding hydrogens is 336 g/mol. The number of nitro groups is 1. The highest BCUT2D eigenvalue weighted by atomic mass is 16.7.